The Balaban J connectivity index is 1.57. The van der Waals surface area contributed by atoms with Crippen molar-refractivity contribution in [3.63, 3.8) is 0 Å². The number of nitrogens with zero attached hydrogens (tertiary/aromatic N) is 1. The Morgan fingerprint density at radius 2 is 1.71 bits per heavy atom. The SMILES string of the molecule is CC(C)(C)C(=O)ON1CCC(c2ccc(NC(=O)c3ccc(Cl)cc3)cc2)C1. The largest absolute Gasteiger partial charge is 0.367 e. The lowest BCUT2D eigenvalue weighted by molar-refractivity contribution is -0.195. The van der Waals surface area contributed by atoms with Crippen LogP contribution < -0.4 is 5.32 Å². The summed E-state index contributed by atoms with van der Waals surface area (Å²) in [6, 6.07) is 14.6. The predicted octanol–water partition coefficient (Wildman–Crippen LogP) is 4.89. The van der Waals surface area contributed by atoms with Gasteiger partial charge in [0.25, 0.3) is 5.91 Å². The highest BCUT2D eigenvalue weighted by Crippen LogP contribution is 2.29. The predicted molar refractivity (Wildman–Crippen MR) is 110 cm³/mol. The first-order chi connectivity index (χ1) is 13.2. The molecule has 1 amide bonds. The summed E-state index contributed by atoms with van der Waals surface area (Å²) in [5.74, 6) is -0.0901. The summed E-state index contributed by atoms with van der Waals surface area (Å²) >= 11 is 5.85. The molecule has 1 fully saturated rings. The van der Waals surface area contributed by atoms with Crippen LogP contribution in [-0.2, 0) is 9.63 Å². The van der Waals surface area contributed by atoms with E-state index in [2.05, 4.69) is 5.32 Å². The molecule has 1 aliphatic heterocycles. The van der Waals surface area contributed by atoms with Gasteiger partial charge in [-0.1, -0.05) is 23.7 Å². The molecule has 0 saturated carbocycles. The maximum Gasteiger partial charge on any atom is 0.330 e. The van der Waals surface area contributed by atoms with Crippen molar-refractivity contribution in [2.24, 2.45) is 5.41 Å². The fraction of sp³-hybridized carbons (Fsp3) is 0.364. The van der Waals surface area contributed by atoms with Crippen LogP contribution in [0.2, 0.25) is 5.02 Å². The van der Waals surface area contributed by atoms with Gasteiger partial charge in [0.15, 0.2) is 0 Å². The maximum absolute atomic E-state index is 12.3. The molecule has 6 heteroatoms. The van der Waals surface area contributed by atoms with Gasteiger partial charge in [0.1, 0.15) is 0 Å². The molecule has 1 unspecified atom stereocenters. The van der Waals surface area contributed by atoms with E-state index in [0.717, 1.165) is 18.7 Å². The number of benzene rings is 2. The van der Waals surface area contributed by atoms with Gasteiger partial charge in [0.05, 0.1) is 5.41 Å². The highest BCUT2D eigenvalue weighted by molar-refractivity contribution is 6.30. The summed E-state index contributed by atoms with van der Waals surface area (Å²) < 4.78 is 0. The Labute approximate surface area is 170 Å². The van der Waals surface area contributed by atoms with Crippen LogP contribution in [0.25, 0.3) is 0 Å². The van der Waals surface area contributed by atoms with E-state index in [-0.39, 0.29) is 11.9 Å². The van der Waals surface area contributed by atoms with Gasteiger partial charge in [-0.05, 0) is 69.2 Å². The van der Waals surface area contributed by atoms with Crippen molar-refractivity contribution in [1.82, 2.24) is 5.06 Å². The van der Waals surface area contributed by atoms with E-state index in [1.165, 1.54) is 5.56 Å². The number of hydrogen-bond donors (Lipinski definition) is 1. The molecule has 2 aromatic rings. The quantitative estimate of drug-likeness (QED) is 0.794. The lowest BCUT2D eigenvalue weighted by Crippen LogP contribution is -2.32. The third-order valence-electron chi connectivity index (χ3n) is 4.72. The smallest absolute Gasteiger partial charge is 0.330 e. The standard InChI is InChI=1S/C22H25ClN2O3/c1-22(2,3)21(27)28-25-13-12-17(14-25)15-6-10-19(11-7-15)24-20(26)16-4-8-18(23)9-5-16/h4-11,17H,12-14H2,1-3H3,(H,24,26). The Morgan fingerprint density at radius 3 is 2.32 bits per heavy atom. The van der Waals surface area contributed by atoms with E-state index in [9.17, 15) is 9.59 Å². The Kier molecular flexibility index (Phi) is 6.06. The van der Waals surface area contributed by atoms with Crippen molar-refractivity contribution in [1.29, 1.82) is 0 Å². The van der Waals surface area contributed by atoms with Gasteiger partial charge in [0, 0.05) is 35.3 Å². The number of carbonyl (C=O) groups excluding carboxylic acids is 2. The number of amides is 1. The molecular weight excluding hydrogens is 376 g/mol. The summed E-state index contributed by atoms with van der Waals surface area (Å²) in [7, 11) is 0. The summed E-state index contributed by atoms with van der Waals surface area (Å²) in [6.45, 7) is 6.94. The van der Waals surface area contributed by atoms with Crippen molar-refractivity contribution in [3.05, 3.63) is 64.7 Å². The third kappa shape index (κ3) is 5.12. The lowest BCUT2D eigenvalue weighted by atomic mass is 9.98. The van der Waals surface area contributed by atoms with Crippen molar-refractivity contribution in [2.75, 3.05) is 18.4 Å². The summed E-state index contributed by atoms with van der Waals surface area (Å²) in [5.41, 5.74) is 1.94. The van der Waals surface area contributed by atoms with E-state index in [1.54, 1.807) is 29.3 Å². The van der Waals surface area contributed by atoms with Crippen molar-refractivity contribution < 1.29 is 14.4 Å². The van der Waals surface area contributed by atoms with Crippen LogP contribution in [0.5, 0.6) is 0 Å². The minimum atomic E-state index is -0.512. The first-order valence-corrected chi connectivity index (χ1v) is 9.74. The highest BCUT2D eigenvalue weighted by Gasteiger charge is 2.31. The van der Waals surface area contributed by atoms with Gasteiger partial charge in [0.2, 0.25) is 0 Å². The maximum atomic E-state index is 12.3. The number of anilines is 1. The topological polar surface area (TPSA) is 58.6 Å². The van der Waals surface area contributed by atoms with Gasteiger partial charge >= 0.3 is 5.97 Å². The minimum Gasteiger partial charge on any atom is -0.367 e. The molecule has 0 bridgehead atoms. The van der Waals surface area contributed by atoms with Crippen LogP contribution in [0.3, 0.4) is 0 Å². The van der Waals surface area contributed by atoms with Crippen LogP contribution in [0, 0.1) is 5.41 Å². The van der Waals surface area contributed by atoms with Gasteiger partial charge in [-0.2, -0.15) is 0 Å². The van der Waals surface area contributed by atoms with Crippen LogP contribution >= 0.6 is 11.6 Å². The van der Waals surface area contributed by atoms with E-state index in [0.29, 0.717) is 23.0 Å². The Hall–Kier alpha value is -2.37. The molecule has 1 atom stereocenters. The summed E-state index contributed by atoms with van der Waals surface area (Å²) in [5, 5.41) is 5.23. The lowest BCUT2D eigenvalue weighted by Gasteiger charge is -2.22. The molecule has 1 saturated heterocycles. The first kappa shape index (κ1) is 20.4. The van der Waals surface area contributed by atoms with E-state index < -0.39 is 5.41 Å². The number of hydrogen-bond acceptors (Lipinski definition) is 4. The summed E-state index contributed by atoms with van der Waals surface area (Å²) in [4.78, 5) is 29.8. The van der Waals surface area contributed by atoms with Crippen molar-refractivity contribution in [3.8, 4) is 0 Å². The number of rotatable bonds is 4. The molecular formula is C22H25ClN2O3. The zero-order chi connectivity index (χ0) is 20.3. The van der Waals surface area contributed by atoms with Crippen LogP contribution in [0.1, 0.15) is 49.0 Å². The monoisotopic (exact) mass is 400 g/mol. The molecule has 1 N–H and O–H groups in total. The van der Waals surface area contributed by atoms with Gasteiger partial charge in [-0.3, -0.25) is 4.79 Å². The zero-order valence-electron chi connectivity index (χ0n) is 16.4. The van der Waals surface area contributed by atoms with Crippen LogP contribution in [0.15, 0.2) is 48.5 Å². The van der Waals surface area contributed by atoms with Crippen LogP contribution in [-0.4, -0.2) is 30.0 Å². The molecule has 148 valence electrons. The second-order valence-electron chi connectivity index (χ2n) is 8.09. The molecule has 1 heterocycles. The molecule has 3 rings (SSSR count). The zero-order valence-corrected chi connectivity index (χ0v) is 17.1. The fourth-order valence-corrected chi connectivity index (χ4v) is 3.11. The average Bonchev–Trinajstić information content (AvgIpc) is 3.10. The van der Waals surface area contributed by atoms with Crippen molar-refractivity contribution in [2.45, 2.75) is 33.1 Å². The van der Waals surface area contributed by atoms with Gasteiger partial charge in [-0.25, -0.2) is 4.79 Å². The van der Waals surface area contributed by atoms with E-state index >= 15 is 0 Å². The molecule has 0 spiro atoms. The van der Waals surface area contributed by atoms with E-state index in [1.807, 2.05) is 45.0 Å². The van der Waals surface area contributed by atoms with Crippen molar-refractivity contribution >= 4 is 29.2 Å². The first-order valence-electron chi connectivity index (χ1n) is 9.36. The molecule has 1 aliphatic rings. The number of halogens is 1. The average molecular weight is 401 g/mol. The molecule has 2 aromatic carbocycles. The normalized spacial score (nSPS) is 17.4. The second kappa shape index (κ2) is 8.33. The molecule has 28 heavy (non-hydrogen) atoms. The highest BCUT2D eigenvalue weighted by atomic mass is 35.5. The van der Waals surface area contributed by atoms with Crippen LogP contribution in [0.4, 0.5) is 5.69 Å². The second-order valence-corrected chi connectivity index (χ2v) is 8.52. The number of hydroxylamine groups is 2. The molecule has 0 radical (unpaired) electrons. The number of carbonyl (C=O) groups is 2. The number of nitrogens with one attached hydrogen (secondary N) is 1. The van der Waals surface area contributed by atoms with Gasteiger partial charge < -0.3 is 10.2 Å². The molecule has 0 aromatic heterocycles. The molecule has 0 aliphatic carbocycles. The third-order valence-corrected chi connectivity index (χ3v) is 4.97. The summed E-state index contributed by atoms with van der Waals surface area (Å²) in [6.07, 6.45) is 0.925. The Morgan fingerprint density at radius 1 is 1.07 bits per heavy atom. The Bertz CT molecular complexity index is 842. The molecule has 5 nitrogen and oxygen atoms in total. The van der Waals surface area contributed by atoms with E-state index in [4.69, 9.17) is 16.4 Å². The fourth-order valence-electron chi connectivity index (χ4n) is 2.98. The van der Waals surface area contributed by atoms with Gasteiger partial charge in [-0.15, -0.1) is 5.06 Å². The minimum absolute atomic E-state index is 0.175.